The minimum absolute atomic E-state index is 0.0217. The number of hydrogen-bond donors (Lipinski definition) is 2. The zero-order chi connectivity index (χ0) is 22.0. The van der Waals surface area contributed by atoms with Gasteiger partial charge in [0.25, 0.3) is 5.91 Å². The number of benzene rings is 2. The first-order valence-corrected chi connectivity index (χ1v) is 9.96. The van der Waals surface area contributed by atoms with Crippen molar-refractivity contribution >= 4 is 35.0 Å². The van der Waals surface area contributed by atoms with Crippen molar-refractivity contribution in [3.63, 3.8) is 0 Å². The highest BCUT2D eigenvalue weighted by Gasteiger charge is 2.21. The van der Waals surface area contributed by atoms with Crippen molar-refractivity contribution in [1.82, 2.24) is 10.7 Å². The SMILES string of the molecule is O=C(NC(N=C1CC(c2cc(F)cc(Cl)c2)=NN1)=NC1CCC1)c1ccc(F)c(F)c1. The van der Waals surface area contributed by atoms with E-state index in [1.165, 1.54) is 18.2 Å². The van der Waals surface area contributed by atoms with E-state index >= 15 is 0 Å². The van der Waals surface area contributed by atoms with Crippen LogP contribution in [-0.4, -0.2) is 29.5 Å². The third-order valence-electron chi connectivity index (χ3n) is 4.88. The van der Waals surface area contributed by atoms with E-state index in [0.29, 0.717) is 17.1 Å². The fraction of sp³-hybridized carbons (Fsp3) is 0.238. The van der Waals surface area contributed by atoms with Crippen molar-refractivity contribution in [3.05, 3.63) is 70.0 Å². The van der Waals surface area contributed by atoms with E-state index in [-0.39, 0.29) is 29.0 Å². The summed E-state index contributed by atoms with van der Waals surface area (Å²) in [6.07, 6.45) is 3.00. The summed E-state index contributed by atoms with van der Waals surface area (Å²) in [7, 11) is 0. The molecule has 1 heterocycles. The number of hydrazone groups is 1. The fourth-order valence-electron chi connectivity index (χ4n) is 3.04. The van der Waals surface area contributed by atoms with Crippen molar-refractivity contribution in [2.75, 3.05) is 0 Å². The van der Waals surface area contributed by atoms with Gasteiger partial charge in [0.05, 0.1) is 18.2 Å². The molecule has 1 aliphatic carbocycles. The topological polar surface area (TPSA) is 78.2 Å². The van der Waals surface area contributed by atoms with Crippen molar-refractivity contribution in [3.8, 4) is 0 Å². The Morgan fingerprint density at radius 2 is 1.94 bits per heavy atom. The van der Waals surface area contributed by atoms with Gasteiger partial charge in [-0.15, -0.1) is 0 Å². The van der Waals surface area contributed by atoms with Gasteiger partial charge in [0.1, 0.15) is 11.7 Å². The van der Waals surface area contributed by atoms with Gasteiger partial charge in [-0.05, 0) is 55.7 Å². The largest absolute Gasteiger partial charge is 0.291 e. The molecule has 0 bridgehead atoms. The molecule has 6 nitrogen and oxygen atoms in total. The van der Waals surface area contributed by atoms with Crippen LogP contribution in [0.1, 0.15) is 41.6 Å². The van der Waals surface area contributed by atoms with E-state index in [1.807, 2.05) is 0 Å². The maximum absolute atomic E-state index is 13.6. The van der Waals surface area contributed by atoms with E-state index in [0.717, 1.165) is 31.4 Å². The van der Waals surface area contributed by atoms with Crippen LogP contribution >= 0.6 is 11.6 Å². The summed E-state index contributed by atoms with van der Waals surface area (Å²) in [5.74, 6) is -2.90. The lowest BCUT2D eigenvalue weighted by molar-refractivity contribution is 0.0976. The van der Waals surface area contributed by atoms with Crippen molar-refractivity contribution in [2.45, 2.75) is 31.7 Å². The van der Waals surface area contributed by atoms with Crippen LogP contribution in [0, 0.1) is 17.5 Å². The average molecular weight is 448 g/mol. The number of guanidine groups is 1. The number of amidine groups is 1. The summed E-state index contributed by atoms with van der Waals surface area (Å²) < 4.78 is 40.2. The predicted octanol–water partition coefficient (Wildman–Crippen LogP) is 4.19. The minimum atomic E-state index is -1.12. The van der Waals surface area contributed by atoms with Crippen molar-refractivity contribution in [2.24, 2.45) is 15.1 Å². The van der Waals surface area contributed by atoms with Gasteiger partial charge in [0.15, 0.2) is 11.6 Å². The van der Waals surface area contributed by atoms with Gasteiger partial charge in [0, 0.05) is 16.1 Å². The van der Waals surface area contributed by atoms with Gasteiger partial charge < -0.3 is 0 Å². The van der Waals surface area contributed by atoms with E-state index in [4.69, 9.17) is 11.6 Å². The summed E-state index contributed by atoms with van der Waals surface area (Å²) in [6.45, 7) is 0. The molecule has 0 atom stereocenters. The molecule has 160 valence electrons. The molecule has 0 unspecified atom stereocenters. The second-order valence-corrected chi connectivity index (χ2v) is 7.62. The number of nitrogens with one attached hydrogen (secondary N) is 2. The van der Waals surface area contributed by atoms with E-state index in [2.05, 4.69) is 25.8 Å². The van der Waals surface area contributed by atoms with Crippen LogP contribution in [0.5, 0.6) is 0 Å². The summed E-state index contributed by atoms with van der Waals surface area (Å²) in [5, 5.41) is 6.93. The molecule has 2 aliphatic rings. The number of rotatable bonds is 3. The van der Waals surface area contributed by atoms with Gasteiger partial charge in [-0.1, -0.05) is 11.6 Å². The fourth-order valence-corrected chi connectivity index (χ4v) is 3.26. The highest BCUT2D eigenvalue weighted by Crippen LogP contribution is 2.22. The van der Waals surface area contributed by atoms with Gasteiger partial charge in [-0.25, -0.2) is 18.2 Å². The number of nitrogens with zero attached hydrogens (tertiary/aromatic N) is 3. The molecule has 0 aromatic heterocycles. The number of hydrogen-bond acceptors (Lipinski definition) is 3. The molecule has 2 N–H and O–H groups in total. The second-order valence-electron chi connectivity index (χ2n) is 7.18. The Bertz CT molecular complexity index is 1110. The molecule has 10 heteroatoms. The predicted molar refractivity (Wildman–Crippen MR) is 112 cm³/mol. The van der Waals surface area contributed by atoms with Crippen LogP contribution in [0.25, 0.3) is 0 Å². The van der Waals surface area contributed by atoms with Gasteiger partial charge >= 0.3 is 0 Å². The first-order chi connectivity index (χ1) is 14.9. The number of halogens is 4. The second kappa shape index (κ2) is 8.89. The van der Waals surface area contributed by atoms with Crippen LogP contribution in [0.2, 0.25) is 5.02 Å². The zero-order valence-corrected chi connectivity index (χ0v) is 16.9. The van der Waals surface area contributed by atoms with Crippen molar-refractivity contribution in [1.29, 1.82) is 0 Å². The Morgan fingerprint density at radius 1 is 1.13 bits per heavy atom. The first-order valence-electron chi connectivity index (χ1n) is 9.58. The van der Waals surface area contributed by atoms with Crippen LogP contribution in [-0.2, 0) is 0 Å². The van der Waals surface area contributed by atoms with Crippen LogP contribution in [0.15, 0.2) is 51.5 Å². The lowest BCUT2D eigenvalue weighted by Gasteiger charge is -2.21. The molecule has 2 aromatic rings. The third kappa shape index (κ3) is 5.11. The van der Waals surface area contributed by atoms with Crippen LogP contribution in [0.3, 0.4) is 0 Å². The summed E-state index contributed by atoms with van der Waals surface area (Å²) in [6, 6.07) is 6.97. The standard InChI is InChI=1S/C21H17ClF3N5O/c22-13-6-12(7-14(23)9-13)18-10-19(30-29-18)27-21(26-15-2-1-3-15)28-20(31)11-4-5-16(24)17(25)8-11/h4-9,15H,1-3,10H2,(H2,26,27,28,30,31). The normalized spacial score (nSPS) is 17.9. The van der Waals surface area contributed by atoms with E-state index in [1.54, 1.807) is 6.07 Å². The Kier molecular flexibility index (Phi) is 6.03. The number of amides is 1. The van der Waals surface area contributed by atoms with Gasteiger partial charge in [-0.3, -0.25) is 15.5 Å². The lowest BCUT2D eigenvalue weighted by Crippen LogP contribution is -2.33. The smallest absolute Gasteiger partial charge is 0.258 e. The van der Waals surface area contributed by atoms with E-state index < -0.39 is 23.4 Å². The van der Waals surface area contributed by atoms with Gasteiger partial charge in [0.2, 0.25) is 5.96 Å². The van der Waals surface area contributed by atoms with Crippen molar-refractivity contribution < 1.29 is 18.0 Å². The highest BCUT2D eigenvalue weighted by molar-refractivity contribution is 6.31. The van der Waals surface area contributed by atoms with Crippen LogP contribution in [0.4, 0.5) is 13.2 Å². The number of aliphatic imine (C=N–C) groups is 2. The monoisotopic (exact) mass is 447 g/mol. The molecule has 1 amide bonds. The lowest BCUT2D eigenvalue weighted by atomic mass is 9.94. The maximum atomic E-state index is 13.6. The molecule has 2 aromatic carbocycles. The molecule has 4 rings (SSSR count). The minimum Gasteiger partial charge on any atom is -0.291 e. The molecule has 1 saturated carbocycles. The molecule has 0 spiro atoms. The quantitative estimate of drug-likeness (QED) is 0.546. The summed E-state index contributed by atoms with van der Waals surface area (Å²) >= 11 is 5.90. The molecular weight excluding hydrogens is 431 g/mol. The van der Waals surface area contributed by atoms with Gasteiger partial charge in [-0.2, -0.15) is 10.1 Å². The summed E-state index contributed by atoms with van der Waals surface area (Å²) in [4.78, 5) is 21.3. The maximum Gasteiger partial charge on any atom is 0.258 e. The summed E-state index contributed by atoms with van der Waals surface area (Å²) in [5.41, 5.74) is 3.71. The Balaban J connectivity index is 1.52. The molecular formula is C21H17ClF3N5O. The Hall–Kier alpha value is -3.20. The number of carbonyl (C=O) groups is 1. The molecule has 0 saturated heterocycles. The first kappa shape index (κ1) is 21.0. The molecule has 1 fully saturated rings. The molecule has 0 radical (unpaired) electrons. The average Bonchev–Trinajstić information content (AvgIpc) is 3.14. The molecule has 1 aliphatic heterocycles. The Labute approximate surface area is 180 Å². The van der Waals surface area contributed by atoms with E-state index in [9.17, 15) is 18.0 Å². The molecule has 31 heavy (non-hydrogen) atoms. The zero-order valence-electron chi connectivity index (χ0n) is 16.1. The highest BCUT2D eigenvalue weighted by atomic mass is 35.5. The number of carbonyl (C=O) groups excluding carboxylic acids is 1. The Morgan fingerprint density at radius 3 is 2.61 bits per heavy atom. The van der Waals surface area contributed by atoms with Crippen LogP contribution < -0.4 is 10.7 Å². The third-order valence-corrected chi connectivity index (χ3v) is 5.10.